The van der Waals surface area contributed by atoms with Crippen LogP contribution >= 0.6 is 0 Å². The summed E-state index contributed by atoms with van der Waals surface area (Å²) in [6.07, 6.45) is 3.54. The third-order valence-electron chi connectivity index (χ3n) is 3.13. The molecule has 104 valence electrons. The summed E-state index contributed by atoms with van der Waals surface area (Å²) in [4.78, 5) is 0. The van der Waals surface area contributed by atoms with Crippen LogP contribution in [0.3, 0.4) is 0 Å². The van der Waals surface area contributed by atoms with Gasteiger partial charge in [0.05, 0.1) is 34.8 Å². The first-order chi connectivity index (χ1) is 9.88. The fourth-order valence-corrected chi connectivity index (χ4v) is 2.10. The molecule has 4 aromatic rings. The Labute approximate surface area is 119 Å². The Morgan fingerprint density at radius 2 is 1.19 bits per heavy atom. The van der Waals surface area contributed by atoms with Crippen molar-refractivity contribution in [2.45, 2.75) is 0 Å². The number of nitrogens with zero attached hydrogens (tertiary/aromatic N) is 4. The van der Waals surface area contributed by atoms with Gasteiger partial charge in [0.15, 0.2) is 0 Å². The number of benzene rings is 2. The van der Waals surface area contributed by atoms with Crippen LogP contribution in [0.25, 0.3) is 21.8 Å². The summed E-state index contributed by atoms with van der Waals surface area (Å²) in [5.74, 6) is 0. The highest BCUT2D eigenvalue weighted by atomic mass is 16.0. The van der Waals surface area contributed by atoms with E-state index in [0.29, 0.717) is 0 Å². The highest BCUT2D eigenvalue weighted by molar-refractivity contribution is 5.82. The normalized spacial score (nSPS) is 11.2. The summed E-state index contributed by atoms with van der Waals surface area (Å²) in [7, 11) is 0. The molecule has 0 aliphatic rings. The molecule has 0 saturated heterocycles. The summed E-state index contributed by atoms with van der Waals surface area (Å²) >= 11 is 0. The lowest BCUT2D eigenvalue weighted by molar-refractivity contribution is 0.824. The van der Waals surface area contributed by atoms with Gasteiger partial charge in [-0.1, -0.05) is 0 Å². The van der Waals surface area contributed by atoms with Gasteiger partial charge in [-0.3, -0.25) is 10.2 Å². The van der Waals surface area contributed by atoms with Crippen molar-refractivity contribution in [2.75, 3.05) is 0 Å². The highest BCUT2D eigenvalue weighted by Crippen LogP contribution is 2.24. The van der Waals surface area contributed by atoms with Gasteiger partial charge in [-0.05, 0) is 36.4 Å². The third kappa shape index (κ3) is 2.37. The van der Waals surface area contributed by atoms with Crippen molar-refractivity contribution in [3.05, 3.63) is 48.8 Å². The van der Waals surface area contributed by atoms with Crippen molar-refractivity contribution in [1.29, 1.82) is 0 Å². The minimum atomic E-state index is 0. The SMILES string of the molecule is O.c1cc2[nH]ncc2cc1N=Nc1ccc2[nH]ncc2c1. The van der Waals surface area contributed by atoms with Gasteiger partial charge in [0.25, 0.3) is 0 Å². The minimum absolute atomic E-state index is 0. The van der Waals surface area contributed by atoms with Crippen LogP contribution in [-0.4, -0.2) is 25.9 Å². The molecule has 7 heteroatoms. The lowest BCUT2D eigenvalue weighted by Crippen LogP contribution is -1.69. The quantitative estimate of drug-likeness (QED) is 0.549. The van der Waals surface area contributed by atoms with E-state index in [1.54, 1.807) is 12.4 Å². The minimum Gasteiger partial charge on any atom is -0.412 e. The Bertz CT molecular complexity index is 847. The first kappa shape index (κ1) is 12.9. The molecule has 0 aliphatic carbocycles. The zero-order valence-corrected chi connectivity index (χ0v) is 10.9. The number of aromatic amines is 2. The Morgan fingerprint density at radius 1 is 0.714 bits per heavy atom. The number of nitrogens with one attached hydrogen (secondary N) is 2. The summed E-state index contributed by atoms with van der Waals surface area (Å²) in [5, 5.41) is 24.3. The lowest BCUT2D eigenvalue weighted by Gasteiger charge is -1.94. The fraction of sp³-hybridized carbons (Fsp3) is 0. The molecule has 0 saturated carbocycles. The molecule has 0 aliphatic heterocycles. The largest absolute Gasteiger partial charge is 0.412 e. The van der Waals surface area contributed by atoms with Crippen molar-refractivity contribution in [3.8, 4) is 0 Å². The smallest absolute Gasteiger partial charge is 0.0865 e. The molecule has 2 heterocycles. The predicted octanol–water partition coefficient (Wildman–Crippen LogP) is 3.03. The molecule has 0 atom stereocenters. The number of hydrogen-bond acceptors (Lipinski definition) is 4. The maximum absolute atomic E-state index is 4.25. The van der Waals surface area contributed by atoms with Crippen molar-refractivity contribution in [2.24, 2.45) is 10.2 Å². The van der Waals surface area contributed by atoms with E-state index in [9.17, 15) is 0 Å². The second kappa shape index (κ2) is 5.14. The first-order valence-corrected chi connectivity index (χ1v) is 6.16. The van der Waals surface area contributed by atoms with Gasteiger partial charge >= 0.3 is 0 Å². The molecular weight excluding hydrogens is 268 g/mol. The van der Waals surface area contributed by atoms with E-state index < -0.39 is 0 Å². The number of hydrogen-bond donors (Lipinski definition) is 2. The van der Waals surface area contributed by atoms with E-state index in [1.165, 1.54) is 0 Å². The topological polar surface area (TPSA) is 114 Å². The molecule has 2 aromatic heterocycles. The van der Waals surface area contributed by atoms with Crippen molar-refractivity contribution >= 4 is 33.2 Å². The number of fused-ring (bicyclic) bond motifs is 2. The van der Waals surface area contributed by atoms with Gasteiger partial charge in [0.2, 0.25) is 0 Å². The molecule has 0 spiro atoms. The molecule has 4 rings (SSSR count). The van der Waals surface area contributed by atoms with Crippen molar-refractivity contribution in [3.63, 3.8) is 0 Å². The van der Waals surface area contributed by atoms with E-state index in [0.717, 1.165) is 33.2 Å². The molecule has 0 amide bonds. The molecule has 0 fully saturated rings. The summed E-state index contributed by atoms with van der Waals surface area (Å²) in [6, 6.07) is 11.6. The zero-order chi connectivity index (χ0) is 13.4. The maximum Gasteiger partial charge on any atom is 0.0865 e. The molecule has 0 bridgehead atoms. The average Bonchev–Trinajstić information content (AvgIpc) is 3.12. The van der Waals surface area contributed by atoms with Gasteiger partial charge in [0.1, 0.15) is 0 Å². The lowest BCUT2D eigenvalue weighted by atomic mass is 10.2. The van der Waals surface area contributed by atoms with Gasteiger partial charge in [-0.2, -0.15) is 20.4 Å². The summed E-state index contributed by atoms with van der Waals surface area (Å²) in [5.41, 5.74) is 3.57. The molecule has 7 nitrogen and oxygen atoms in total. The monoisotopic (exact) mass is 280 g/mol. The van der Waals surface area contributed by atoms with Crippen molar-refractivity contribution in [1.82, 2.24) is 20.4 Å². The number of rotatable bonds is 2. The van der Waals surface area contributed by atoms with Crippen LogP contribution in [0.4, 0.5) is 11.4 Å². The van der Waals surface area contributed by atoms with E-state index >= 15 is 0 Å². The van der Waals surface area contributed by atoms with Gasteiger partial charge in [-0.25, -0.2) is 0 Å². The molecule has 2 aromatic carbocycles. The van der Waals surface area contributed by atoms with Crippen LogP contribution in [-0.2, 0) is 0 Å². The molecule has 0 radical (unpaired) electrons. The summed E-state index contributed by atoms with van der Waals surface area (Å²) < 4.78 is 0. The number of azo groups is 1. The number of H-pyrrole nitrogens is 2. The second-order valence-corrected chi connectivity index (χ2v) is 4.48. The Hall–Kier alpha value is -3.06. The van der Waals surface area contributed by atoms with Gasteiger partial charge in [-0.15, -0.1) is 0 Å². The average molecular weight is 280 g/mol. The zero-order valence-electron chi connectivity index (χ0n) is 10.9. The van der Waals surface area contributed by atoms with Crippen LogP contribution in [0, 0.1) is 0 Å². The first-order valence-electron chi connectivity index (χ1n) is 6.16. The fourth-order valence-electron chi connectivity index (χ4n) is 2.10. The van der Waals surface area contributed by atoms with E-state index in [2.05, 4.69) is 30.6 Å². The third-order valence-corrected chi connectivity index (χ3v) is 3.13. The van der Waals surface area contributed by atoms with Crippen LogP contribution in [0.5, 0.6) is 0 Å². The summed E-state index contributed by atoms with van der Waals surface area (Å²) in [6.45, 7) is 0. The van der Waals surface area contributed by atoms with Crippen LogP contribution in [0.2, 0.25) is 0 Å². The molecule has 21 heavy (non-hydrogen) atoms. The Kier molecular flexibility index (Phi) is 3.17. The Balaban J connectivity index is 0.00000132. The van der Waals surface area contributed by atoms with Gasteiger partial charge in [0, 0.05) is 10.8 Å². The van der Waals surface area contributed by atoms with E-state index in [1.807, 2.05) is 36.4 Å². The van der Waals surface area contributed by atoms with E-state index in [4.69, 9.17) is 0 Å². The van der Waals surface area contributed by atoms with Crippen molar-refractivity contribution < 1.29 is 5.48 Å². The highest BCUT2D eigenvalue weighted by Gasteiger charge is 1.99. The standard InChI is InChI=1S/C14H10N6.H2O/c1-3-13-9(7-15-19-13)5-11(1)17-18-12-2-4-14-10(6-12)8-16-20-14;/h1-8H,(H,15,19)(H,16,20);1H2. The number of aromatic nitrogens is 4. The van der Waals surface area contributed by atoms with Crippen LogP contribution in [0.15, 0.2) is 59.0 Å². The van der Waals surface area contributed by atoms with Crippen LogP contribution in [0.1, 0.15) is 0 Å². The van der Waals surface area contributed by atoms with E-state index in [-0.39, 0.29) is 5.48 Å². The molecular formula is C14H12N6O. The predicted molar refractivity (Wildman–Crippen MR) is 80.0 cm³/mol. The second-order valence-electron chi connectivity index (χ2n) is 4.48. The molecule has 4 N–H and O–H groups in total. The molecule has 0 unspecified atom stereocenters. The van der Waals surface area contributed by atoms with Gasteiger partial charge < -0.3 is 5.48 Å². The maximum atomic E-state index is 4.25. The Morgan fingerprint density at radius 3 is 1.67 bits per heavy atom. The van der Waals surface area contributed by atoms with Crippen LogP contribution < -0.4 is 0 Å².